The number of aryl methyl sites for hydroxylation is 2. The number of hydrogen-bond donors (Lipinski definition) is 0. The van der Waals surface area contributed by atoms with Gasteiger partial charge in [0.25, 0.3) is 5.91 Å². The van der Waals surface area contributed by atoms with Gasteiger partial charge in [0.05, 0.1) is 33.7 Å². The molecule has 5 aromatic carbocycles. The van der Waals surface area contributed by atoms with Gasteiger partial charge in [0.2, 0.25) is 0 Å². The maximum atomic E-state index is 14.4. The van der Waals surface area contributed by atoms with Crippen LogP contribution in [0.25, 0.3) is 0 Å². The summed E-state index contributed by atoms with van der Waals surface area (Å²) in [6, 6.07) is 43.2. The van der Waals surface area contributed by atoms with E-state index in [9.17, 15) is 4.79 Å². The van der Waals surface area contributed by atoms with E-state index in [2.05, 4.69) is 121 Å². The van der Waals surface area contributed by atoms with Crippen molar-refractivity contribution >= 4 is 45.7 Å². The van der Waals surface area contributed by atoms with E-state index in [4.69, 9.17) is 0 Å². The van der Waals surface area contributed by atoms with E-state index in [-0.39, 0.29) is 5.91 Å². The first kappa shape index (κ1) is 24.8. The van der Waals surface area contributed by atoms with Gasteiger partial charge >= 0.3 is 0 Å². The fourth-order valence-corrected chi connectivity index (χ4v) is 7.79. The van der Waals surface area contributed by atoms with Gasteiger partial charge in [-0.2, -0.15) is 11.3 Å². The minimum atomic E-state index is -0.623. The van der Waals surface area contributed by atoms with Crippen molar-refractivity contribution in [3.8, 4) is 0 Å². The number of rotatable bonds is 2. The second kappa shape index (κ2) is 9.30. The summed E-state index contributed by atoms with van der Waals surface area (Å²) in [7, 11) is 0. The van der Waals surface area contributed by atoms with Crippen molar-refractivity contribution in [1.82, 2.24) is 0 Å². The molecular formula is C38H28N2OS. The quantitative estimate of drug-likeness (QED) is 0.210. The minimum absolute atomic E-state index is 0.00200. The number of fused-ring (bicyclic) bond motifs is 8. The number of nitrogens with zero attached hydrogens (tertiary/aromatic N) is 2. The number of anilines is 5. The van der Waals surface area contributed by atoms with Gasteiger partial charge in [-0.25, -0.2) is 0 Å². The van der Waals surface area contributed by atoms with Crippen molar-refractivity contribution in [3.05, 3.63) is 171 Å². The number of carbonyl (C=O) groups excluding carboxylic acids is 1. The van der Waals surface area contributed by atoms with Crippen molar-refractivity contribution in [1.29, 1.82) is 0 Å². The standard InChI is InChI=1S/C38H28N2OS/c1-25-19-21-27(22-20-25)39-33-15-7-3-11-29(33)38(30-12-4-8-16-34(30)39)31-13-5-9-17-35(31)40(36-18-10-6-14-32(36)38)37(41)28-24-42-23-26(28)2/h3-24H,1-2H3. The van der Waals surface area contributed by atoms with E-state index in [1.54, 1.807) is 11.3 Å². The molecule has 6 aromatic rings. The maximum Gasteiger partial charge on any atom is 0.263 e. The van der Waals surface area contributed by atoms with Gasteiger partial charge in [0.1, 0.15) is 0 Å². The summed E-state index contributed by atoms with van der Waals surface area (Å²) in [5.74, 6) is 0.00200. The van der Waals surface area contributed by atoms with E-state index < -0.39 is 5.41 Å². The van der Waals surface area contributed by atoms with Crippen LogP contribution < -0.4 is 9.80 Å². The lowest BCUT2D eigenvalue weighted by Crippen LogP contribution is -2.44. The molecule has 3 nitrogen and oxygen atoms in total. The van der Waals surface area contributed by atoms with Crippen molar-refractivity contribution in [2.45, 2.75) is 19.3 Å². The van der Waals surface area contributed by atoms with Crippen molar-refractivity contribution in [2.75, 3.05) is 9.80 Å². The summed E-state index contributed by atoms with van der Waals surface area (Å²) in [6.07, 6.45) is 0. The van der Waals surface area contributed by atoms with Gasteiger partial charge in [-0.15, -0.1) is 0 Å². The summed E-state index contributed by atoms with van der Waals surface area (Å²) in [6.45, 7) is 4.14. The van der Waals surface area contributed by atoms with E-state index in [1.807, 2.05) is 34.7 Å². The molecule has 0 bridgehead atoms. The normalized spacial score (nSPS) is 14.1. The third kappa shape index (κ3) is 3.30. The highest BCUT2D eigenvalue weighted by Crippen LogP contribution is 2.63. The summed E-state index contributed by atoms with van der Waals surface area (Å²) < 4.78 is 0. The number of carbonyl (C=O) groups is 1. The molecule has 0 saturated heterocycles. The Kier molecular flexibility index (Phi) is 5.50. The molecule has 0 N–H and O–H groups in total. The van der Waals surface area contributed by atoms with Crippen LogP contribution >= 0.6 is 11.3 Å². The topological polar surface area (TPSA) is 23.6 Å². The van der Waals surface area contributed by atoms with Crippen LogP contribution in [0.15, 0.2) is 132 Å². The molecular weight excluding hydrogens is 532 g/mol. The molecule has 42 heavy (non-hydrogen) atoms. The summed E-state index contributed by atoms with van der Waals surface area (Å²) in [5, 5.41) is 4.02. The minimum Gasteiger partial charge on any atom is -0.310 e. The van der Waals surface area contributed by atoms with E-state index in [1.165, 1.54) is 16.7 Å². The molecule has 2 aliphatic rings. The van der Waals surface area contributed by atoms with Crippen LogP contribution in [0.5, 0.6) is 0 Å². The van der Waals surface area contributed by atoms with Gasteiger partial charge in [0, 0.05) is 11.1 Å². The molecule has 202 valence electrons. The van der Waals surface area contributed by atoms with Crippen LogP contribution in [-0.2, 0) is 5.41 Å². The number of hydrogen-bond acceptors (Lipinski definition) is 3. The zero-order valence-corrected chi connectivity index (χ0v) is 24.2. The first-order valence-corrected chi connectivity index (χ1v) is 15.2. The van der Waals surface area contributed by atoms with Crippen LogP contribution in [-0.4, -0.2) is 5.91 Å². The van der Waals surface area contributed by atoms with E-state index in [0.717, 1.165) is 50.7 Å². The molecule has 0 atom stereocenters. The Labute approximate surface area is 249 Å². The Morgan fingerprint density at radius 3 is 1.50 bits per heavy atom. The van der Waals surface area contributed by atoms with E-state index >= 15 is 0 Å². The highest BCUT2D eigenvalue weighted by molar-refractivity contribution is 7.08. The van der Waals surface area contributed by atoms with Gasteiger partial charge in [-0.3, -0.25) is 9.69 Å². The highest BCUT2D eigenvalue weighted by atomic mass is 32.1. The molecule has 8 rings (SSSR count). The summed E-state index contributed by atoms with van der Waals surface area (Å²) in [5.41, 5.74) is 12.2. The molecule has 1 spiro atoms. The Bertz CT molecular complexity index is 1910. The molecule has 0 fully saturated rings. The number of benzene rings is 5. The van der Waals surface area contributed by atoms with Crippen LogP contribution in [0.2, 0.25) is 0 Å². The molecule has 2 aliphatic heterocycles. The molecule has 1 aromatic heterocycles. The zero-order chi connectivity index (χ0) is 28.4. The van der Waals surface area contributed by atoms with Crippen LogP contribution in [0, 0.1) is 13.8 Å². The Balaban J connectivity index is 1.48. The number of para-hydroxylation sites is 4. The Hall–Kier alpha value is -4.93. The average molecular weight is 561 g/mol. The predicted octanol–water partition coefficient (Wildman–Crippen LogP) is 9.82. The lowest BCUT2D eigenvalue weighted by molar-refractivity contribution is 0.0998. The Morgan fingerprint density at radius 2 is 1.02 bits per heavy atom. The average Bonchev–Trinajstić information content (AvgIpc) is 3.47. The third-order valence-corrected chi connectivity index (χ3v) is 9.64. The largest absolute Gasteiger partial charge is 0.310 e. The molecule has 0 radical (unpaired) electrons. The van der Waals surface area contributed by atoms with Crippen molar-refractivity contribution in [3.63, 3.8) is 0 Å². The first-order chi connectivity index (χ1) is 20.6. The van der Waals surface area contributed by atoms with Gasteiger partial charge in [-0.1, -0.05) is 90.5 Å². The summed E-state index contributed by atoms with van der Waals surface area (Å²) in [4.78, 5) is 18.7. The monoisotopic (exact) mass is 560 g/mol. The van der Waals surface area contributed by atoms with Crippen LogP contribution in [0.3, 0.4) is 0 Å². The second-order valence-electron chi connectivity index (χ2n) is 11.1. The third-order valence-electron chi connectivity index (χ3n) is 8.78. The van der Waals surface area contributed by atoms with Gasteiger partial charge < -0.3 is 4.90 Å². The fraction of sp³-hybridized carbons (Fsp3) is 0.0789. The molecule has 3 heterocycles. The first-order valence-electron chi connectivity index (χ1n) is 14.2. The van der Waals surface area contributed by atoms with Crippen molar-refractivity contribution < 1.29 is 4.79 Å². The SMILES string of the molecule is Cc1ccc(N2c3ccccc3C3(c4ccccc4N(C(=O)c4cscc4C)c4ccccc43)c3ccccc32)cc1. The lowest BCUT2D eigenvalue weighted by atomic mass is 9.60. The fourth-order valence-electron chi connectivity index (χ4n) is 6.96. The predicted molar refractivity (Wildman–Crippen MR) is 173 cm³/mol. The summed E-state index contributed by atoms with van der Waals surface area (Å²) >= 11 is 1.57. The molecule has 4 heteroatoms. The Morgan fingerprint density at radius 1 is 0.571 bits per heavy atom. The maximum absolute atomic E-state index is 14.4. The van der Waals surface area contributed by atoms with Crippen molar-refractivity contribution in [2.24, 2.45) is 0 Å². The van der Waals surface area contributed by atoms with Gasteiger partial charge in [-0.05, 0) is 83.4 Å². The molecule has 1 amide bonds. The highest BCUT2D eigenvalue weighted by Gasteiger charge is 2.52. The van der Waals surface area contributed by atoms with Crippen LogP contribution in [0.1, 0.15) is 43.7 Å². The second-order valence-corrected chi connectivity index (χ2v) is 11.8. The smallest absolute Gasteiger partial charge is 0.263 e. The van der Waals surface area contributed by atoms with Crippen LogP contribution in [0.4, 0.5) is 28.4 Å². The number of thiophene rings is 1. The molecule has 0 aliphatic carbocycles. The molecule has 0 unspecified atom stereocenters. The van der Waals surface area contributed by atoms with Gasteiger partial charge in [0.15, 0.2) is 0 Å². The zero-order valence-electron chi connectivity index (χ0n) is 23.4. The van der Waals surface area contributed by atoms with E-state index in [0.29, 0.717) is 0 Å². The number of amides is 1. The lowest BCUT2D eigenvalue weighted by Gasteiger charge is -2.50. The molecule has 0 saturated carbocycles.